The molecule has 0 aromatic carbocycles. The van der Waals surface area contributed by atoms with Crippen LogP contribution in [-0.4, -0.2) is 30.0 Å². The lowest BCUT2D eigenvalue weighted by Crippen LogP contribution is -2.18. The molecule has 1 aliphatic rings. The molecule has 0 saturated heterocycles. The molecule has 0 spiro atoms. The van der Waals surface area contributed by atoms with Crippen LogP contribution in [0.2, 0.25) is 0 Å². The van der Waals surface area contributed by atoms with E-state index in [0.29, 0.717) is 5.71 Å². The Balaban J connectivity index is 3.05. The zero-order chi connectivity index (χ0) is 11.6. The van der Waals surface area contributed by atoms with E-state index in [4.69, 9.17) is 4.74 Å². The molecule has 5 heteroatoms. The highest BCUT2D eigenvalue weighted by molar-refractivity contribution is 6.20. The van der Waals surface area contributed by atoms with E-state index >= 15 is 0 Å². The summed E-state index contributed by atoms with van der Waals surface area (Å²) in [5, 5.41) is 13.4. The molecular formula is C10H15NO4. The third-order valence-corrected chi connectivity index (χ3v) is 2.16. The van der Waals surface area contributed by atoms with Crippen LogP contribution in [0.3, 0.4) is 0 Å². The van der Waals surface area contributed by atoms with Gasteiger partial charge in [-0.05, 0) is 12.8 Å². The number of nitrogens with zero attached hydrogens (tertiary/aromatic N) is 1. The predicted octanol–water partition coefficient (Wildman–Crippen LogP) is 1.40. The Morgan fingerprint density at radius 1 is 1.60 bits per heavy atom. The van der Waals surface area contributed by atoms with Crippen molar-refractivity contribution in [3.8, 4) is 0 Å². The maximum atomic E-state index is 11.4. The van der Waals surface area contributed by atoms with Gasteiger partial charge in [-0.25, -0.2) is 4.79 Å². The lowest BCUT2D eigenvalue weighted by molar-refractivity contribution is -0.141. The molecular weight excluding hydrogens is 198 g/mol. The highest BCUT2D eigenvalue weighted by Gasteiger charge is 2.37. The number of rotatable bonds is 3. The summed E-state index contributed by atoms with van der Waals surface area (Å²) in [6.45, 7) is 5.30. The molecule has 0 saturated carbocycles. The van der Waals surface area contributed by atoms with Gasteiger partial charge < -0.3 is 14.7 Å². The minimum atomic E-state index is -0.575. The van der Waals surface area contributed by atoms with Crippen molar-refractivity contribution in [2.24, 2.45) is 11.1 Å². The van der Waals surface area contributed by atoms with Gasteiger partial charge >= 0.3 is 5.97 Å². The molecule has 0 bridgehead atoms. The molecule has 1 aliphatic heterocycles. The first-order valence-corrected chi connectivity index (χ1v) is 4.71. The summed E-state index contributed by atoms with van der Waals surface area (Å²) in [4.78, 5) is 16.0. The average molecular weight is 213 g/mol. The molecule has 1 rings (SSSR count). The lowest BCUT2D eigenvalue weighted by atomic mass is 10.0. The van der Waals surface area contributed by atoms with Gasteiger partial charge in [-0.1, -0.05) is 19.0 Å². The zero-order valence-electron chi connectivity index (χ0n) is 9.27. The number of hydrogen-bond acceptors (Lipinski definition) is 5. The van der Waals surface area contributed by atoms with Crippen LogP contribution in [0.15, 0.2) is 16.5 Å². The molecule has 0 aliphatic carbocycles. The van der Waals surface area contributed by atoms with Crippen LogP contribution in [0.1, 0.15) is 20.8 Å². The van der Waals surface area contributed by atoms with Gasteiger partial charge in [0.05, 0.1) is 5.71 Å². The summed E-state index contributed by atoms with van der Waals surface area (Å²) in [5.41, 5.74) is 0.429. The van der Waals surface area contributed by atoms with E-state index in [1.54, 1.807) is 6.92 Å². The molecule has 84 valence electrons. The van der Waals surface area contributed by atoms with Crippen LogP contribution in [0.5, 0.6) is 0 Å². The zero-order valence-corrected chi connectivity index (χ0v) is 9.27. The number of carbonyl (C=O) groups is 1. The Morgan fingerprint density at radius 3 is 2.60 bits per heavy atom. The fraction of sp³-hybridized carbons (Fsp3) is 0.600. The van der Waals surface area contributed by atoms with E-state index in [-0.39, 0.29) is 17.3 Å². The summed E-state index contributed by atoms with van der Waals surface area (Å²) in [6, 6.07) is 0. The van der Waals surface area contributed by atoms with E-state index in [2.05, 4.69) is 9.99 Å². The number of hydrogen-bond donors (Lipinski definition) is 1. The van der Waals surface area contributed by atoms with Crippen LogP contribution >= 0.6 is 0 Å². The Hall–Kier alpha value is -1.52. The fourth-order valence-electron chi connectivity index (χ4n) is 1.44. The highest BCUT2D eigenvalue weighted by atomic mass is 16.6. The topological polar surface area (TPSA) is 68.1 Å². The smallest absolute Gasteiger partial charge is 0.344 e. The molecule has 1 unspecified atom stereocenters. The summed E-state index contributed by atoms with van der Waals surface area (Å²) >= 11 is 0. The van der Waals surface area contributed by atoms with Gasteiger partial charge in [0, 0.05) is 0 Å². The molecule has 0 radical (unpaired) electrons. The molecule has 1 N–H and O–H groups in total. The number of aliphatic hydroxyl groups excluding tert-OH is 1. The van der Waals surface area contributed by atoms with Crippen LogP contribution in [0.4, 0.5) is 0 Å². The largest absolute Gasteiger partial charge is 0.507 e. The maximum Gasteiger partial charge on any atom is 0.344 e. The van der Waals surface area contributed by atoms with E-state index < -0.39 is 12.1 Å². The van der Waals surface area contributed by atoms with Gasteiger partial charge in [0.1, 0.15) is 18.4 Å². The van der Waals surface area contributed by atoms with Crippen molar-refractivity contribution >= 4 is 11.7 Å². The lowest BCUT2D eigenvalue weighted by Gasteiger charge is -2.13. The minimum absolute atomic E-state index is 0.0294. The number of carbonyl (C=O) groups excluding carboxylic acids is 1. The maximum absolute atomic E-state index is 11.4. The minimum Gasteiger partial charge on any atom is -0.507 e. The summed E-state index contributed by atoms with van der Waals surface area (Å²) in [5.74, 6) is -0.584. The third kappa shape index (κ3) is 2.11. The number of cyclic esters (lactones) is 1. The van der Waals surface area contributed by atoms with Crippen molar-refractivity contribution in [3.63, 3.8) is 0 Å². The van der Waals surface area contributed by atoms with Gasteiger partial charge in [-0.2, -0.15) is 0 Å². The van der Waals surface area contributed by atoms with Crippen molar-refractivity contribution in [1.82, 2.24) is 0 Å². The van der Waals surface area contributed by atoms with Gasteiger partial charge in [0.25, 0.3) is 0 Å². The quantitative estimate of drug-likeness (QED) is 0.437. The monoisotopic (exact) mass is 213 g/mol. The van der Waals surface area contributed by atoms with Crippen LogP contribution in [-0.2, 0) is 14.4 Å². The Kier molecular flexibility index (Phi) is 3.34. The average Bonchev–Trinajstić information content (AvgIpc) is 2.42. The molecule has 1 atom stereocenters. The third-order valence-electron chi connectivity index (χ3n) is 2.16. The van der Waals surface area contributed by atoms with E-state index in [0.717, 1.165) is 0 Å². The molecule has 0 amide bonds. The van der Waals surface area contributed by atoms with Gasteiger partial charge in [0.2, 0.25) is 0 Å². The molecule has 0 fully saturated rings. The van der Waals surface area contributed by atoms with E-state index in [9.17, 15) is 9.90 Å². The standard InChI is InChI=1S/C10H15NO4/c1-5(2)9-8(12)7(10(13)15-9)6(3)11-14-4/h5,9,12H,1-4H3/b11-6+. The van der Waals surface area contributed by atoms with Gasteiger partial charge in [-0.3, -0.25) is 0 Å². The van der Waals surface area contributed by atoms with Crippen molar-refractivity contribution in [2.75, 3.05) is 7.11 Å². The van der Waals surface area contributed by atoms with Crippen LogP contribution < -0.4 is 0 Å². The first-order chi connectivity index (χ1) is 6.99. The van der Waals surface area contributed by atoms with E-state index in [1.807, 2.05) is 13.8 Å². The van der Waals surface area contributed by atoms with Crippen molar-refractivity contribution in [3.05, 3.63) is 11.3 Å². The molecule has 1 heterocycles. The second-order valence-electron chi connectivity index (χ2n) is 3.69. The van der Waals surface area contributed by atoms with Gasteiger partial charge in [0.15, 0.2) is 6.10 Å². The van der Waals surface area contributed by atoms with E-state index in [1.165, 1.54) is 7.11 Å². The number of aliphatic hydroxyl groups is 1. The summed E-state index contributed by atoms with van der Waals surface area (Å²) < 4.78 is 5.02. The summed E-state index contributed by atoms with van der Waals surface area (Å²) in [7, 11) is 1.38. The summed E-state index contributed by atoms with van der Waals surface area (Å²) in [6.07, 6.45) is -0.575. The predicted molar refractivity (Wildman–Crippen MR) is 54.5 cm³/mol. The molecule has 0 aromatic rings. The normalized spacial score (nSPS) is 22.3. The number of esters is 1. The first kappa shape index (κ1) is 11.6. The molecule has 5 nitrogen and oxygen atoms in total. The van der Waals surface area contributed by atoms with Crippen molar-refractivity contribution < 1.29 is 19.5 Å². The molecule has 15 heavy (non-hydrogen) atoms. The first-order valence-electron chi connectivity index (χ1n) is 4.71. The SMILES string of the molecule is CO/N=C(\C)C1=C(O)C(C(C)C)OC1=O. The Labute approximate surface area is 88.4 Å². The van der Waals surface area contributed by atoms with Crippen molar-refractivity contribution in [2.45, 2.75) is 26.9 Å². The number of ether oxygens (including phenoxy) is 1. The van der Waals surface area contributed by atoms with Crippen molar-refractivity contribution in [1.29, 1.82) is 0 Å². The second kappa shape index (κ2) is 4.33. The number of oxime groups is 1. The fourth-order valence-corrected chi connectivity index (χ4v) is 1.44. The molecule has 0 aromatic heterocycles. The Morgan fingerprint density at radius 2 is 2.20 bits per heavy atom. The van der Waals surface area contributed by atoms with Crippen LogP contribution in [0.25, 0.3) is 0 Å². The van der Waals surface area contributed by atoms with Gasteiger partial charge in [-0.15, -0.1) is 0 Å². The second-order valence-corrected chi connectivity index (χ2v) is 3.69. The van der Waals surface area contributed by atoms with Crippen LogP contribution in [0, 0.1) is 5.92 Å². The Bertz CT molecular complexity index is 330. The highest BCUT2D eigenvalue weighted by Crippen LogP contribution is 2.26.